The molecular formula is C20H27N3O3. The van der Waals surface area contributed by atoms with Crippen LogP contribution < -0.4 is 4.74 Å². The number of aliphatic hydroxyl groups is 1. The van der Waals surface area contributed by atoms with E-state index in [1.165, 1.54) is 5.56 Å². The van der Waals surface area contributed by atoms with Gasteiger partial charge in [0, 0.05) is 38.0 Å². The number of methoxy groups -OCH3 is 1. The van der Waals surface area contributed by atoms with Crippen molar-refractivity contribution in [3.05, 3.63) is 42.2 Å². The summed E-state index contributed by atoms with van der Waals surface area (Å²) in [6, 6.07) is 7.88. The summed E-state index contributed by atoms with van der Waals surface area (Å²) in [5.41, 5.74) is 1.81. The van der Waals surface area contributed by atoms with Gasteiger partial charge in [0.2, 0.25) is 0 Å². The second-order valence-corrected chi connectivity index (χ2v) is 7.31. The Kier molecular flexibility index (Phi) is 4.98. The molecule has 2 aliphatic rings. The fourth-order valence-electron chi connectivity index (χ4n) is 4.13. The van der Waals surface area contributed by atoms with E-state index in [1.807, 2.05) is 35.1 Å². The van der Waals surface area contributed by atoms with Crippen molar-refractivity contribution in [2.45, 2.75) is 43.9 Å². The number of nitrogens with zero attached hydrogens (tertiary/aromatic N) is 3. The summed E-state index contributed by atoms with van der Waals surface area (Å²) in [7, 11) is 1.68. The predicted octanol–water partition coefficient (Wildman–Crippen LogP) is 2.39. The maximum atomic E-state index is 10.4. The number of para-hydroxylation sites is 2. The lowest BCUT2D eigenvalue weighted by molar-refractivity contribution is -0.177. The normalized spacial score (nSPS) is 23.2. The van der Waals surface area contributed by atoms with Gasteiger partial charge in [-0.05, 0) is 37.8 Å². The van der Waals surface area contributed by atoms with E-state index in [4.69, 9.17) is 9.47 Å². The van der Waals surface area contributed by atoms with Gasteiger partial charge in [-0.25, -0.2) is 4.68 Å². The fourth-order valence-corrected chi connectivity index (χ4v) is 4.13. The van der Waals surface area contributed by atoms with Gasteiger partial charge >= 0.3 is 0 Å². The van der Waals surface area contributed by atoms with Crippen LogP contribution in [-0.4, -0.2) is 58.3 Å². The van der Waals surface area contributed by atoms with Crippen LogP contribution in [-0.2, 0) is 11.3 Å². The van der Waals surface area contributed by atoms with Crippen molar-refractivity contribution in [3.63, 3.8) is 0 Å². The second-order valence-electron chi connectivity index (χ2n) is 7.31. The molecule has 2 aliphatic heterocycles. The van der Waals surface area contributed by atoms with Crippen molar-refractivity contribution in [2.75, 3.05) is 26.8 Å². The van der Waals surface area contributed by atoms with Crippen LogP contribution in [0, 0.1) is 0 Å². The van der Waals surface area contributed by atoms with Gasteiger partial charge in [-0.2, -0.15) is 5.10 Å². The first kappa shape index (κ1) is 17.5. The quantitative estimate of drug-likeness (QED) is 0.910. The summed E-state index contributed by atoms with van der Waals surface area (Å²) in [6.07, 6.45) is 7.30. The Hall–Kier alpha value is -1.89. The Balaban J connectivity index is 1.40. The molecule has 2 fully saturated rings. The minimum Gasteiger partial charge on any atom is -0.494 e. The Bertz CT molecular complexity index is 737. The molecule has 1 aromatic heterocycles. The van der Waals surface area contributed by atoms with E-state index in [1.54, 1.807) is 7.11 Å². The standard InChI is InChI=1S/C20H27N3O3/c1-25-18-6-3-2-5-17(18)23-15-16(13-21-23)14-22-10-8-20(9-11-22)19(24)7-4-12-26-20/h2-3,5-6,13,15,19,24H,4,7-12,14H2,1H3/t19-/m0/s1. The van der Waals surface area contributed by atoms with Crippen molar-refractivity contribution >= 4 is 0 Å². The third-order valence-corrected chi connectivity index (χ3v) is 5.70. The molecule has 0 bridgehead atoms. The Morgan fingerprint density at radius 3 is 2.88 bits per heavy atom. The summed E-state index contributed by atoms with van der Waals surface area (Å²) in [5.74, 6) is 0.811. The summed E-state index contributed by atoms with van der Waals surface area (Å²) < 4.78 is 13.3. The maximum absolute atomic E-state index is 10.4. The van der Waals surface area contributed by atoms with E-state index in [0.717, 1.165) is 63.4 Å². The zero-order chi connectivity index (χ0) is 18.0. The largest absolute Gasteiger partial charge is 0.494 e. The average Bonchev–Trinajstić information content (AvgIpc) is 3.14. The molecule has 1 spiro atoms. The molecule has 4 rings (SSSR count). The highest BCUT2D eigenvalue weighted by atomic mass is 16.5. The van der Waals surface area contributed by atoms with Gasteiger partial charge in [0.15, 0.2) is 0 Å². The van der Waals surface area contributed by atoms with Gasteiger partial charge in [-0.3, -0.25) is 4.90 Å². The molecule has 2 aromatic rings. The van der Waals surface area contributed by atoms with Crippen molar-refractivity contribution in [1.82, 2.24) is 14.7 Å². The van der Waals surface area contributed by atoms with Gasteiger partial charge in [-0.15, -0.1) is 0 Å². The van der Waals surface area contributed by atoms with Crippen molar-refractivity contribution in [3.8, 4) is 11.4 Å². The highest BCUT2D eigenvalue weighted by Gasteiger charge is 2.43. The number of piperidine rings is 1. The lowest BCUT2D eigenvalue weighted by atomic mass is 9.82. The lowest BCUT2D eigenvalue weighted by Gasteiger charge is -2.46. The van der Waals surface area contributed by atoms with E-state index < -0.39 is 0 Å². The van der Waals surface area contributed by atoms with Crippen molar-refractivity contribution in [2.24, 2.45) is 0 Å². The number of aromatic nitrogens is 2. The fraction of sp³-hybridized carbons (Fsp3) is 0.550. The van der Waals surface area contributed by atoms with Crippen LogP contribution >= 0.6 is 0 Å². The van der Waals surface area contributed by atoms with Gasteiger partial charge in [0.1, 0.15) is 11.4 Å². The van der Waals surface area contributed by atoms with Crippen LogP contribution in [0.3, 0.4) is 0 Å². The molecule has 0 aliphatic carbocycles. The molecule has 3 heterocycles. The molecule has 140 valence electrons. The first-order chi connectivity index (χ1) is 12.7. The highest BCUT2D eigenvalue weighted by Crippen LogP contribution is 2.35. The smallest absolute Gasteiger partial charge is 0.144 e. The second kappa shape index (κ2) is 7.39. The molecular weight excluding hydrogens is 330 g/mol. The van der Waals surface area contributed by atoms with Crippen LogP contribution in [0.5, 0.6) is 5.75 Å². The van der Waals surface area contributed by atoms with Gasteiger partial charge in [0.05, 0.1) is 25.0 Å². The minimum atomic E-state index is -0.313. The summed E-state index contributed by atoms with van der Waals surface area (Å²) in [4.78, 5) is 2.42. The molecule has 2 saturated heterocycles. The number of benzene rings is 1. The number of likely N-dealkylation sites (tertiary alicyclic amines) is 1. The highest BCUT2D eigenvalue weighted by molar-refractivity contribution is 5.46. The first-order valence-electron chi connectivity index (χ1n) is 9.41. The van der Waals surface area contributed by atoms with Crippen molar-refractivity contribution in [1.29, 1.82) is 0 Å². The topological polar surface area (TPSA) is 59.8 Å². The number of rotatable bonds is 4. The van der Waals surface area contributed by atoms with Crippen LogP contribution in [0.2, 0.25) is 0 Å². The zero-order valence-electron chi connectivity index (χ0n) is 15.3. The van der Waals surface area contributed by atoms with E-state index in [9.17, 15) is 5.11 Å². The molecule has 1 N–H and O–H groups in total. The summed E-state index contributed by atoms with van der Waals surface area (Å²) in [5, 5.41) is 14.9. The number of ether oxygens (including phenoxy) is 2. The molecule has 0 saturated carbocycles. The van der Waals surface area contributed by atoms with E-state index >= 15 is 0 Å². The zero-order valence-corrected chi connectivity index (χ0v) is 15.3. The lowest BCUT2D eigenvalue weighted by Crippen LogP contribution is -2.55. The van der Waals surface area contributed by atoms with Crippen LogP contribution in [0.1, 0.15) is 31.2 Å². The van der Waals surface area contributed by atoms with Gasteiger partial charge < -0.3 is 14.6 Å². The Morgan fingerprint density at radius 1 is 1.31 bits per heavy atom. The molecule has 6 heteroatoms. The number of hydrogen-bond donors (Lipinski definition) is 1. The van der Waals surface area contributed by atoms with Crippen LogP contribution in [0.4, 0.5) is 0 Å². The molecule has 1 aromatic carbocycles. The molecule has 0 radical (unpaired) electrons. The third kappa shape index (κ3) is 3.37. The van der Waals surface area contributed by atoms with Gasteiger partial charge in [0.25, 0.3) is 0 Å². The van der Waals surface area contributed by atoms with Crippen LogP contribution in [0.25, 0.3) is 5.69 Å². The maximum Gasteiger partial charge on any atom is 0.144 e. The molecule has 0 unspecified atom stereocenters. The van der Waals surface area contributed by atoms with Crippen LogP contribution in [0.15, 0.2) is 36.7 Å². The predicted molar refractivity (Wildman–Crippen MR) is 98.6 cm³/mol. The third-order valence-electron chi connectivity index (χ3n) is 5.70. The number of hydrogen-bond acceptors (Lipinski definition) is 5. The Morgan fingerprint density at radius 2 is 2.12 bits per heavy atom. The van der Waals surface area contributed by atoms with E-state index in [-0.39, 0.29) is 11.7 Å². The van der Waals surface area contributed by atoms with E-state index in [2.05, 4.69) is 16.2 Å². The molecule has 6 nitrogen and oxygen atoms in total. The first-order valence-corrected chi connectivity index (χ1v) is 9.41. The SMILES string of the molecule is COc1ccccc1-n1cc(CN2CCC3(CC2)OCCC[C@@H]3O)cn1. The summed E-state index contributed by atoms with van der Waals surface area (Å²) in [6.45, 7) is 3.53. The van der Waals surface area contributed by atoms with E-state index in [0.29, 0.717) is 0 Å². The number of aliphatic hydroxyl groups excluding tert-OH is 1. The Labute approximate surface area is 154 Å². The van der Waals surface area contributed by atoms with Gasteiger partial charge in [-0.1, -0.05) is 12.1 Å². The molecule has 0 amide bonds. The monoisotopic (exact) mass is 357 g/mol. The summed E-state index contributed by atoms with van der Waals surface area (Å²) >= 11 is 0. The molecule has 1 atom stereocenters. The molecule has 26 heavy (non-hydrogen) atoms. The minimum absolute atomic E-state index is 0.309. The van der Waals surface area contributed by atoms with Crippen molar-refractivity contribution < 1.29 is 14.6 Å². The average molecular weight is 357 g/mol.